The molecule has 31 heavy (non-hydrogen) atoms. The summed E-state index contributed by atoms with van der Waals surface area (Å²) in [5, 5.41) is 4.04. The van der Waals surface area contributed by atoms with E-state index in [2.05, 4.69) is 32.2 Å². The maximum atomic E-state index is 12.3. The fourth-order valence-electron chi connectivity index (χ4n) is 4.10. The molecule has 1 aromatic heterocycles. The van der Waals surface area contributed by atoms with E-state index in [4.69, 9.17) is 4.74 Å². The van der Waals surface area contributed by atoms with Crippen molar-refractivity contribution in [2.45, 2.75) is 19.3 Å². The van der Waals surface area contributed by atoms with Crippen LogP contribution in [0, 0.1) is 0 Å². The Morgan fingerprint density at radius 2 is 1.87 bits per heavy atom. The van der Waals surface area contributed by atoms with Crippen LogP contribution in [-0.4, -0.2) is 55.6 Å². The highest BCUT2D eigenvalue weighted by atomic mass is 16.5. The number of rotatable bonds is 8. The molecule has 3 aromatic rings. The monoisotopic (exact) mass is 418 g/mol. The molecule has 2 aromatic carbocycles. The number of fused-ring (bicyclic) bond motifs is 1. The number of nitrogens with zero attached hydrogens (tertiary/aromatic N) is 3. The van der Waals surface area contributed by atoms with Crippen LogP contribution in [0.15, 0.2) is 60.8 Å². The summed E-state index contributed by atoms with van der Waals surface area (Å²) in [5.74, 6) is 1.01. The van der Waals surface area contributed by atoms with Crippen molar-refractivity contribution in [3.8, 4) is 5.75 Å². The first-order valence-corrected chi connectivity index (χ1v) is 11.0. The van der Waals surface area contributed by atoms with Gasteiger partial charge in [-0.05, 0) is 55.8 Å². The normalized spacial score (nSPS) is 14.5. The maximum absolute atomic E-state index is 12.3. The molecule has 0 unspecified atom stereocenters. The van der Waals surface area contributed by atoms with Crippen LogP contribution in [0.5, 0.6) is 5.75 Å². The molecule has 0 saturated carbocycles. The summed E-state index contributed by atoms with van der Waals surface area (Å²) in [6.07, 6.45) is 4.25. The molecule has 1 amide bonds. The Kier molecular flexibility index (Phi) is 6.99. The summed E-state index contributed by atoms with van der Waals surface area (Å²) in [6, 6.07) is 17.9. The SMILES string of the molecule is COc1ccccc1N1CCN(CCCCC(=O)Nc2ccc3ncccc3c2)CC1. The topological polar surface area (TPSA) is 57.7 Å². The van der Waals surface area contributed by atoms with Crippen molar-refractivity contribution in [2.75, 3.05) is 50.1 Å². The number of benzene rings is 2. The predicted molar refractivity (Wildman–Crippen MR) is 126 cm³/mol. The van der Waals surface area contributed by atoms with Gasteiger partial charge in [0, 0.05) is 49.9 Å². The van der Waals surface area contributed by atoms with E-state index in [-0.39, 0.29) is 5.91 Å². The van der Waals surface area contributed by atoms with Crippen molar-refractivity contribution in [1.82, 2.24) is 9.88 Å². The number of unbranched alkanes of at least 4 members (excludes halogenated alkanes) is 1. The Labute approximate surface area is 183 Å². The van der Waals surface area contributed by atoms with Gasteiger partial charge >= 0.3 is 0 Å². The lowest BCUT2D eigenvalue weighted by atomic mass is 10.1. The molecular formula is C25H30N4O2. The molecule has 1 N–H and O–H groups in total. The van der Waals surface area contributed by atoms with Gasteiger partial charge in [0.2, 0.25) is 5.91 Å². The van der Waals surface area contributed by atoms with Crippen LogP contribution in [0.1, 0.15) is 19.3 Å². The minimum absolute atomic E-state index is 0.0734. The van der Waals surface area contributed by atoms with E-state index in [1.54, 1.807) is 13.3 Å². The van der Waals surface area contributed by atoms with Crippen LogP contribution >= 0.6 is 0 Å². The molecule has 4 rings (SSSR count). The highest BCUT2D eigenvalue weighted by Crippen LogP contribution is 2.28. The van der Waals surface area contributed by atoms with Gasteiger partial charge in [-0.1, -0.05) is 18.2 Å². The quantitative estimate of drug-likeness (QED) is 0.557. The predicted octanol–water partition coefficient (Wildman–Crippen LogP) is 4.17. The van der Waals surface area contributed by atoms with Crippen molar-refractivity contribution in [1.29, 1.82) is 0 Å². The van der Waals surface area contributed by atoms with E-state index in [0.717, 1.165) is 67.9 Å². The summed E-state index contributed by atoms with van der Waals surface area (Å²) < 4.78 is 5.49. The molecule has 162 valence electrons. The average Bonchev–Trinajstić information content (AvgIpc) is 2.82. The molecule has 1 aliphatic rings. The molecule has 1 fully saturated rings. The Morgan fingerprint density at radius 3 is 2.71 bits per heavy atom. The molecule has 6 heteroatoms. The van der Waals surface area contributed by atoms with E-state index in [1.807, 2.05) is 42.5 Å². The number of pyridine rings is 1. The van der Waals surface area contributed by atoms with Gasteiger partial charge < -0.3 is 15.0 Å². The first kappa shape index (κ1) is 21.1. The number of nitrogens with one attached hydrogen (secondary N) is 1. The zero-order valence-corrected chi connectivity index (χ0v) is 18.1. The van der Waals surface area contributed by atoms with Crippen molar-refractivity contribution < 1.29 is 9.53 Å². The van der Waals surface area contributed by atoms with Crippen LogP contribution in [0.4, 0.5) is 11.4 Å². The van der Waals surface area contributed by atoms with E-state index in [9.17, 15) is 4.79 Å². The van der Waals surface area contributed by atoms with E-state index in [1.165, 1.54) is 5.69 Å². The molecule has 1 aliphatic heterocycles. The van der Waals surface area contributed by atoms with Gasteiger partial charge in [0.1, 0.15) is 5.75 Å². The standard InChI is InChI=1S/C25H30N4O2/c1-31-24-9-3-2-8-23(24)29-17-15-28(16-18-29)14-5-4-10-25(30)27-21-11-12-22-20(19-21)7-6-13-26-22/h2-3,6-9,11-13,19H,4-5,10,14-18H2,1H3,(H,27,30). The number of piperazine rings is 1. The average molecular weight is 419 g/mol. The second-order valence-electron chi connectivity index (χ2n) is 7.92. The third-order valence-electron chi connectivity index (χ3n) is 5.81. The molecule has 0 aliphatic carbocycles. The maximum Gasteiger partial charge on any atom is 0.224 e. The number of anilines is 2. The second kappa shape index (κ2) is 10.3. The lowest BCUT2D eigenvalue weighted by molar-refractivity contribution is -0.116. The van der Waals surface area contributed by atoms with E-state index < -0.39 is 0 Å². The largest absolute Gasteiger partial charge is 0.495 e. The number of carbonyl (C=O) groups excluding carboxylic acids is 1. The Balaban J connectivity index is 1.16. The third-order valence-corrected chi connectivity index (χ3v) is 5.81. The lowest BCUT2D eigenvalue weighted by Gasteiger charge is -2.36. The smallest absolute Gasteiger partial charge is 0.224 e. The van der Waals surface area contributed by atoms with Gasteiger partial charge in [0.25, 0.3) is 0 Å². The second-order valence-corrected chi connectivity index (χ2v) is 7.92. The summed E-state index contributed by atoms with van der Waals surface area (Å²) in [4.78, 5) is 21.5. The molecule has 0 bridgehead atoms. The van der Waals surface area contributed by atoms with Gasteiger partial charge in [0.15, 0.2) is 0 Å². The van der Waals surface area contributed by atoms with E-state index in [0.29, 0.717) is 6.42 Å². The Bertz CT molecular complexity index is 1020. The van der Waals surface area contributed by atoms with Gasteiger partial charge in [-0.2, -0.15) is 0 Å². The number of hydrogen-bond donors (Lipinski definition) is 1. The molecule has 2 heterocycles. The fraction of sp³-hybridized carbons (Fsp3) is 0.360. The zero-order chi connectivity index (χ0) is 21.5. The number of ether oxygens (including phenoxy) is 1. The summed E-state index contributed by atoms with van der Waals surface area (Å²) in [6.45, 7) is 5.11. The molecule has 0 atom stereocenters. The van der Waals surface area contributed by atoms with Gasteiger partial charge in [-0.25, -0.2) is 0 Å². The highest BCUT2D eigenvalue weighted by Gasteiger charge is 2.19. The van der Waals surface area contributed by atoms with Crippen LogP contribution in [-0.2, 0) is 4.79 Å². The molecule has 1 saturated heterocycles. The Morgan fingerprint density at radius 1 is 1.03 bits per heavy atom. The summed E-state index contributed by atoms with van der Waals surface area (Å²) in [7, 11) is 1.72. The van der Waals surface area contributed by atoms with Gasteiger partial charge in [-0.15, -0.1) is 0 Å². The summed E-state index contributed by atoms with van der Waals surface area (Å²) >= 11 is 0. The minimum Gasteiger partial charge on any atom is -0.495 e. The van der Waals surface area contributed by atoms with Gasteiger partial charge in [0.05, 0.1) is 18.3 Å². The number of carbonyl (C=O) groups is 1. The van der Waals surface area contributed by atoms with Crippen LogP contribution in [0.2, 0.25) is 0 Å². The zero-order valence-electron chi connectivity index (χ0n) is 18.1. The Hall–Kier alpha value is -3.12. The number of hydrogen-bond acceptors (Lipinski definition) is 5. The number of para-hydroxylation sites is 2. The number of methoxy groups -OCH3 is 1. The lowest BCUT2D eigenvalue weighted by Crippen LogP contribution is -2.46. The third kappa shape index (κ3) is 5.52. The number of amides is 1. The summed E-state index contributed by atoms with van der Waals surface area (Å²) in [5.41, 5.74) is 2.94. The fourth-order valence-corrected chi connectivity index (χ4v) is 4.10. The van der Waals surface area contributed by atoms with Crippen LogP contribution in [0.25, 0.3) is 10.9 Å². The molecule has 0 radical (unpaired) electrons. The molecular weight excluding hydrogens is 388 g/mol. The molecule has 0 spiro atoms. The first-order chi connectivity index (χ1) is 15.2. The van der Waals surface area contributed by atoms with Crippen molar-refractivity contribution in [3.05, 3.63) is 60.8 Å². The first-order valence-electron chi connectivity index (χ1n) is 11.0. The highest BCUT2D eigenvalue weighted by molar-refractivity contribution is 5.93. The number of aromatic nitrogens is 1. The van der Waals surface area contributed by atoms with Crippen molar-refractivity contribution in [3.63, 3.8) is 0 Å². The van der Waals surface area contributed by atoms with Gasteiger partial charge in [-0.3, -0.25) is 14.7 Å². The van der Waals surface area contributed by atoms with Crippen LogP contribution < -0.4 is 15.0 Å². The van der Waals surface area contributed by atoms with Crippen LogP contribution in [0.3, 0.4) is 0 Å². The molecule has 6 nitrogen and oxygen atoms in total. The minimum atomic E-state index is 0.0734. The van der Waals surface area contributed by atoms with Crippen molar-refractivity contribution >= 4 is 28.2 Å². The van der Waals surface area contributed by atoms with E-state index >= 15 is 0 Å². The van der Waals surface area contributed by atoms with Crippen molar-refractivity contribution in [2.24, 2.45) is 0 Å².